The lowest BCUT2D eigenvalue weighted by Gasteiger charge is -2.50. The van der Waals surface area contributed by atoms with E-state index in [-0.39, 0.29) is 34.4 Å². The zero-order valence-corrected chi connectivity index (χ0v) is 21.5. The molecule has 7 N–H and O–H groups in total. The summed E-state index contributed by atoms with van der Waals surface area (Å²) in [5, 5.41) is 55.5. The largest absolute Gasteiger partial charge is 0.511 e. The van der Waals surface area contributed by atoms with Crippen molar-refractivity contribution in [2.45, 2.75) is 37.5 Å². The average molecular weight is 561 g/mol. The monoisotopic (exact) mass is 560 g/mol. The highest BCUT2D eigenvalue weighted by Crippen LogP contribution is 2.55. The topological polar surface area (TPSA) is 216 Å². The third-order valence-corrected chi connectivity index (χ3v) is 8.79. The lowest BCUT2D eigenvalue weighted by atomic mass is 9.56. The second-order valence-corrected chi connectivity index (χ2v) is 10.8. The van der Waals surface area contributed by atoms with Crippen LogP contribution < -0.4 is 5.73 Å². The number of primary amides is 1. The van der Waals surface area contributed by atoms with Crippen molar-refractivity contribution in [1.29, 1.82) is 0 Å². The molecule has 2 aromatic carbocycles. The van der Waals surface area contributed by atoms with E-state index in [9.17, 15) is 49.5 Å². The number of aromatic hydroxyl groups is 1. The lowest BCUT2D eigenvalue weighted by molar-refractivity contribution is -0.154. The molecule has 5 atom stereocenters. The van der Waals surface area contributed by atoms with Gasteiger partial charge in [-0.25, -0.2) is 0 Å². The standard InChI is InChI=1S/C29H24N2O10/c1-10-12-7-6-11(9-31-27(39)13-4-2-3-5-14(13)28(31)40)21(33)18(12)23(35)20-17(10)22(34)15-8-16(32)19(26(30)38)24(36)29(15,41)25(20)37/h2-7,10,15,17,22,32-34,37,41H,8-9H2,1H3,(H2,30,38)/t10-,15+,17+,22+,29+/m0/s1. The Morgan fingerprint density at radius 1 is 1.02 bits per heavy atom. The van der Waals surface area contributed by atoms with Gasteiger partial charge in [-0.1, -0.05) is 31.2 Å². The predicted octanol–water partition coefficient (Wildman–Crippen LogP) is 0.909. The number of hydrogen-bond donors (Lipinski definition) is 6. The van der Waals surface area contributed by atoms with Crippen molar-refractivity contribution in [2.24, 2.45) is 17.6 Å². The van der Waals surface area contributed by atoms with E-state index in [0.29, 0.717) is 0 Å². The van der Waals surface area contributed by atoms with Gasteiger partial charge in [0.05, 0.1) is 29.3 Å². The highest BCUT2D eigenvalue weighted by molar-refractivity contribution is 6.25. The van der Waals surface area contributed by atoms with E-state index in [2.05, 4.69) is 0 Å². The van der Waals surface area contributed by atoms with Gasteiger partial charge in [0.2, 0.25) is 5.78 Å². The Hall–Kier alpha value is -4.81. The Morgan fingerprint density at radius 3 is 2.22 bits per heavy atom. The third-order valence-electron chi connectivity index (χ3n) is 8.79. The van der Waals surface area contributed by atoms with Gasteiger partial charge in [-0.05, 0) is 23.6 Å². The van der Waals surface area contributed by atoms with Crippen LogP contribution in [-0.4, -0.2) is 71.4 Å². The average Bonchev–Trinajstić information content (AvgIpc) is 3.16. The van der Waals surface area contributed by atoms with E-state index in [1.807, 2.05) is 0 Å². The van der Waals surface area contributed by atoms with Crippen LogP contribution in [0, 0.1) is 11.8 Å². The first-order valence-corrected chi connectivity index (χ1v) is 12.8. The van der Waals surface area contributed by atoms with Crippen molar-refractivity contribution in [2.75, 3.05) is 0 Å². The van der Waals surface area contributed by atoms with Crippen LogP contribution in [0.2, 0.25) is 0 Å². The molecule has 0 radical (unpaired) electrons. The molecule has 12 nitrogen and oxygen atoms in total. The summed E-state index contributed by atoms with van der Waals surface area (Å²) in [6.45, 7) is 1.23. The second-order valence-electron chi connectivity index (χ2n) is 10.8. The molecule has 0 saturated carbocycles. The summed E-state index contributed by atoms with van der Waals surface area (Å²) in [7, 11) is 0. The lowest BCUT2D eigenvalue weighted by Crippen LogP contribution is -2.62. The quantitative estimate of drug-likeness (QED) is 0.230. The van der Waals surface area contributed by atoms with Gasteiger partial charge >= 0.3 is 0 Å². The minimum atomic E-state index is -2.94. The molecular formula is C29H24N2O10. The van der Waals surface area contributed by atoms with E-state index >= 15 is 0 Å². The maximum absolute atomic E-state index is 13.9. The number of fused-ring (bicyclic) bond motifs is 4. The number of imide groups is 1. The molecule has 0 aromatic heterocycles. The first-order valence-electron chi connectivity index (χ1n) is 12.8. The summed E-state index contributed by atoms with van der Waals surface area (Å²) < 4.78 is 0. The van der Waals surface area contributed by atoms with Crippen molar-refractivity contribution in [3.63, 3.8) is 0 Å². The van der Waals surface area contributed by atoms with E-state index in [1.165, 1.54) is 24.3 Å². The Morgan fingerprint density at radius 2 is 1.63 bits per heavy atom. The molecule has 0 unspecified atom stereocenters. The van der Waals surface area contributed by atoms with Gasteiger partial charge in [0.1, 0.15) is 22.8 Å². The summed E-state index contributed by atoms with van der Waals surface area (Å²) in [5.74, 6) is -10.8. The number of amides is 3. The minimum Gasteiger partial charge on any atom is -0.511 e. The first-order chi connectivity index (χ1) is 19.3. The Bertz CT molecular complexity index is 1670. The molecule has 2 aromatic rings. The maximum Gasteiger partial charge on any atom is 0.261 e. The number of nitrogens with two attached hydrogens (primary N) is 1. The summed E-state index contributed by atoms with van der Waals surface area (Å²) in [6.07, 6.45) is -2.22. The predicted molar refractivity (Wildman–Crippen MR) is 138 cm³/mol. The van der Waals surface area contributed by atoms with Crippen LogP contribution in [0.1, 0.15) is 61.5 Å². The van der Waals surface area contributed by atoms with Crippen LogP contribution in [0.5, 0.6) is 5.75 Å². The number of allylic oxidation sites excluding steroid dienone is 1. The van der Waals surface area contributed by atoms with Crippen LogP contribution >= 0.6 is 0 Å². The molecular weight excluding hydrogens is 536 g/mol. The summed E-state index contributed by atoms with van der Waals surface area (Å²) in [5.41, 5.74) is 1.19. The Labute approximate surface area is 231 Å². The number of hydrogen-bond acceptors (Lipinski definition) is 10. The second kappa shape index (κ2) is 8.59. The molecule has 0 fully saturated rings. The first kappa shape index (κ1) is 26.4. The summed E-state index contributed by atoms with van der Waals surface area (Å²) in [6, 6.07) is 9.16. The molecule has 3 aliphatic carbocycles. The van der Waals surface area contributed by atoms with E-state index in [4.69, 9.17) is 5.73 Å². The number of carbonyl (C=O) groups is 5. The molecule has 6 rings (SSSR count). The Balaban J connectivity index is 1.45. The number of phenolic OH excluding ortho intramolecular Hbond substituents is 1. The Kier molecular flexibility index (Phi) is 5.54. The van der Waals surface area contributed by atoms with Crippen LogP contribution in [0.15, 0.2) is 59.1 Å². The van der Waals surface area contributed by atoms with Gasteiger partial charge < -0.3 is 31.3 Å². The number of benzene rings is 2. The zero-order chi connectivity index (χ0) is 29.7. The van der Waals surface area contributed by atoms with Crippen LogP contribution in [-0.2, 0) is 16.1 Å². The van der Waals surface area contributed by atoms with Crippen LogP contribution in [0.3, 0.4) is 0 Å². The number of rotatable bonds is 3. The van der Waals surface area contributed by atoms with Gasteiger partial charge in [-0.15, -0.1) is 0 Å². The molecule has 0 bridgehead atoms. The molecule has 0 spiro atoms. The molecule has 0 saturated heterocycles. The van der Waals surface area contributed by atoms with Gasteiger partial charge in [0.25, 0.3) is 17.7 Å². The number of phenols is 1. The van der Waals surface area contributed by atoms with Crippen LogP contribution in [0.4, 0.5) is 0 Å². The summed E-state index contributed by atoms with van der Waals surface area (Å²) in [4.78, 5) is 65.5. The molecule has 41 heavy (non-hydrogen) atoms. The molecule has 210 valence electrons. The van der Waals surface area contributed by atoms with Crippen molar-refractivity contribution >= 4 is 29.3 Å². The molecule has 1 aliphatic heterocycles. The fraction of sp³-hybridized carbons (Fsp3) is 0.276. The van der Waals surface area contributed by atoms with E-state index in [0.717, 1.165) is 4.90 Å². The number of carbonyl (C=O) groups excluding carboxylic acids is 5. The van der Waals surface area contributed by atoms with Gasteiger partial charge in [0.15, 0.2) is 11.4 Å². The number of ketones is 2. The normalized spacial score (nSPS) is 28.9. The van der Waals surface area contributed by atoms with E-state index in [1.54, 1.807) is 19.1 Å². The van der Waals surface area contributed by atoms with Gasteiger partial charge in [-0.2, -0.15) is 0 Å². The number of nitrogens with zero attached hydrogens (tertiary/aromatic N) is 1. The van der Waals surface area contributed by atoms with Gasteiger partial charge in [-0.3, -0.25) is 28.9 Å². The van der Waals surface area contributed by atoms with Crippen molar-refractivity contribution in [3.05, 3.63) is 86.9 Å². The molecule has 4 aliphatic rings. The highest BCUT2D eigenvalue weighted by Gasteiger charge is 2.64. The van der Waals surface area contributed by atoms with Crippen molar-refractivity contribution in [1.82, 2.24) is 4.90 Å². The molecule has 12 heteroatoms. The fourth-order valence-electron chi connectivity index (χ4n) is 6.72. The SMILES string of the molecule is C[C@H]1c2ccc(CN3C(=O)c4ccccc4C3=O)c(O)c2C(=O)C2=C(O)[C@]3(O)C(=O)C(C(N)=O)=C(O)C[C@@H]3[C@@H](O)[C@@H]21. The third kappa shape index (κ3) is 3.25. The van der Waals surface area contributed by atoms with Gasteiger partial charge in [0, 0.05) is 29.4 Å². The van der Waals surface area contributed by atoms with Crippen LogP contribution in [0.25, 0.3) is 0 Å². The minimum absolute atomic E-state index is 0.0444. The number of Topliss-reactive ketones (excluding diaryl/α,β-unsaturated/α-hetero) is 2. The van der Waals surface area contributed by atoms with Crippen molar-refractivity contribution < 1.29 is 49.5 Å². The number of aliphatic hydroxyl groups is 4. The fourth-order valence-corrected chi connectivity index (χ4v) is 6.72. The summed E-state index contributed by atoms with van der Waals surface area (Å²) >= 11 is 0. The van der Waals surface area contributed by atoms with Crippen molar-refractivity contribution in [3.8, 4) is 5.75 Å². The highest BCUT2D eigenvalue weighted by atomic mass is 16.4. The maximum atomic E-state index is 13.9. The molecule has 1 heterocycles. The molecule has 3 amide bonds. The smallest absolute Gasteiger partial charge is 0.261 e. The van der Waals surface area contributed by atoms with E-state index < -0.39 is 93.6 Å². The zero-order valence-electron chi connectivity index (χ0n) is 21.5. The number of aliphatic hydroxyl groups excluding tert-OH is 3.